The van der Waals surface area contributed by atoms with E-state index in [2.05, 4.69) is 374 Å². The first-order chi connectivity index (χ1) is 51.2. The number of nitrogens with zero attached hydrogens (tertiary/aromatic N) is 4. The second kappa shape index (κ2) is 24.4. The highest BCUT2D eigenvalue weighted by Crippen LogP contribution is 2.47. The number of hydrogen-bond acceptors (Lipinski definition) is 8. The fraction of sp³-hybridized carbons (Fsp3) is 0.0417. The van der Waals surface area contributed by atoms with Crippen LogP contribution < -0.4 is 19.6 Å². The van der Waals surface area contributed by atoms with E-state index in [1.165, 1.54) is 27.8 Å². The molecule has 0 saturated carbocycles. The van der Waals surface area contributed by atoms with Crippen LogP contribution in [0, 0.1) is 20.8 Å². The lowest BCUT2D eigenvalue weighted by molar-refractivity contribution is 0.668. The van der Waals surface area contributed by atoms with Crippen molar-refractivity contribution in [2.75, 3.05) is 19.6 Å². The molecule has 0 unspecified atom stereocenters. The smallest absolute Gasteiger partial charge is 0.137 e. The molecule has 0 fully saturated rings. The zero-order chi connectivity index (χ0) is 69.1. The molecule has 494 valence electrons. The Morgan fingerprint density at radius 2 is 0.452 bits per heavy atom. The van der Waals surface area contributed by atoms with Gasteiger partial charge in [0, 0.05) is 136 Å². The summed E-state index contributed by atoms with van der Waals surface area (Å²) in [6.45, 7) is 6.45. The summed E-state index contributed by atoms with van der Waals surface area (Å²) in [6, 6.07) is 119. The van der Waals surface area contributed by atoms with Crippen LogP contribution in [0.2, 0.25) is 0 Å². The van der Waals surface area contributed by atoms with Crippen LogP contribution in [-0.2, 0) is 6.42 Å². The van der Waals surface area contributed by atoms with Crippen LogP contribution in [0.5, 0.6) is 0 Å². The van der Waals surface area contributed by atoms with Gasteiger partial charge in [-0.25, -0.2) is 0 Å². The number of rotatable bonds is 14. The predicted octanol–water partition coefficient (Wildman–Crippen LogP) is 28.0. The molecule has 0 saturated heterocycles. The summed E-state index contributed by atoms with van der Waals surface area (Å²) in [7, 11) is 0. The molecule has 0 radical (unpaired) electrons. The maximum Gasteiger partial charge on any atom is 0.137 e. The predicted molar refractivity (Wildman–Crippen MR) is 433 cm³/mol. The van der Waals surface area contributed by atoms with Crippen molar-refractivity contribution < 1.29 is 17.7 Å². The first-order valence-corrected chi connectivity index (χ1v) is 35.4. The molecule has 4 heterocycles. The zero-order valence-corrected chi connectivity index (χ0v) is 57.4. The van der Waals surface area contributed by atoms with Gasteiger partial charge in [0.05, 0.1) is 0 Å². The van der Waals surface area contributed by atoms with Crippen LogP contribution in [-0.4, -0.2) is 0 Å². The van der Waals surface area contributed by atoms with Crippen LogP contribution >= 0.6 is 0 Å². The van der Waals surface area contributed by atoms with E-state index in [1.807, 2.05) is 0 Å². The van der Waals surface area contributed by atoms with Gasteiger partial charge in [0.2, 0.25) is 0 Å². The minimum atomic E-state index is 0.768. The zero-order valence-electron chi connectivity index (χ0n) is 57.4. The minimum absolute atomic E-state index is 0.768. The molecule has 8 nitrogen and oxygen atoms in total. The summed E-state index contributed by atoms with van der Waals surface area (Å²) in [5.41, 5.74) is 25.4. The fourth-order valence-corrected chi connectivity index (χ4v) is 15.7. The Hall–Kier alpha value is -13.6. The highest BCUT2D eigenvalue weighted by Gasteiger charge is 2.24. The molecular weight excluding hydrogens is 1270 g/mol. The number of benzene rings is 16. The molecule has 0 bridgehead atoms. The molecule has 104 heavy (non-hydrogen) atoms. The number of para-hydroxylation sites is 5. The Labute approximate surface area is 599 Å². The van der Waals surface area contributed by atoms with Gasteiger partial charge in [-0.15, -0.1) is 0 Å². The van der Waals surface area contributed by atoms with Crippen molar-refractivity contribution in [1.82, 2.24) is 0 Å². The minimum Gasteiger partial charge on any atom is -0.456 e. The average molecular weight is 1340 g/mol. The molecule has 0 aliphatic heterocycles. The Bertz CT molecular complexity index is 6730. The molecule has 16 aromatic carbocycles. The monoisotopic (exact) mass is 1340 g/mol. The van der Waals surface area contributed by atoms with E-state index in [1.54, 1.807) is 0 Å². The Morgan fingerprint density at radius 3 is 0.788 bits per heavy atom. The van der Waals surface area contributed by atoms with Gasteiger partial charge >= 0.3 is 0 Å². The standard InChI is InChI=1S/C96H66N4O4/c1-60-27-33-72(34-28-60)97(69-19-7-4-8-20-69)75-39-43-79-83-48-65-49-84-80-44-40-76(57-94(80)102-90(84)53-67(65)52-89(83)101-93(79)56-75)98(70-21-9-5-10-22-70)73-35-29-63(30-36-73)47-64-31-37-74(38-32-64)100(88-26-16-14-18-62(88)3)78-42-46-82-86-51-66-50-85-81-45-41-77(99(71-23-11-6-12-24-71)87-25-15-13-17-61(87)2)58-95(81)103-91(85)54-68(66)55-92(86)104-96(82)59-78/h4-46,48-59H,47H2,1-3H3. The van der Waals surface area contributed by atoms with Crippen molar-refractivity contribution in [3.8, 4) is 0 Å². The highest BCUT2D eigenvalue weighted by molar-refractivity contribution is 6.18. The van der Waals surface area contributed by atoms with Gasteiger partial charge in [-0.3, -0.25) is 0 Å². The summed E-state index contributed by atoms with van der Waals surface area (Å²) < 4.78 is 27.1. The number of hydrogen-bond donors (Lipinski definition) is 0. The van der Waals surface area contributed by atoms with E-state index >= 15 is 0 Å². The van der Waals surface area contributed by atoms with Crippen LogP contribution in [0.3, 0.4) is 0 Å². The van der Waals surface area contributed by atoms with E-state index in [-0.39, 0.29) is 0 Å². The molecule has 20 rings (SSSR count). The quantitative estimate of drug-likeness (QED) is 0.107. The van der Waals surface area contributed by atoms with Gasteiger partial charge in [0.25, 0.3) is 0 Å². The lowest BCUT2D eigenvalue weighted by Gasteiger charge is -2.27. The molecular formula is C96H66N4O4. The van der Waals surface area contributed by atoms with Crippen molar-refractivity contribution in [2.24, 2.45) is 0 Å². The molecule has 8 heteroatoms. The first-order valence-electron chi connectivity index (χ1n) is 35.4. The van der Waals surface area contributed by atoms with E-state index in [9.17, 15) is 0 Å². The lowest BCUT2D eigenvalue weighted by atomic mass is 10.0. The SMILES string of the molecule is Cc1ccc(N(c2ccccc2)c2ccc3c(c2)oc2cc4cc5oc6cc(N(c7ccccc7)c7ccc(Cc8ccc(N(c9ccc%10c(c9)oc9cc%11cc%12oc%13cc(N(c%14ccccc%14)c%14ccccc%14C)ccc%13c%12cc%11cc9%10)c9ccccc9C)cc8)cc7)ccc6c5cc4cc23)cc1. The summed E-state index contributed by atoms with van der Waals surface area (Å²) in [6.07, 6.45) is 0.768. The third kappa shape index (κ3) is 10.4. The van der Waals surface area contributed by atoms with Crippen molar-refractivity contribution in [1.29, 1.82) is 0 Å². The van der Waals surface area contributed by atoms with Crippen molar-refractivity contribution >= 4 is 178 Å². The van der Waals surface area contributed by atoms with Gasteiger partial charge in [-0.1, -0.05) is 133 Å². The Balaban J connectivity index is 0.570. The first kappa shape index (κ1) is 60.4. The number of anilines is 12. The molecule has 0 spiro atoms. The maximum atomic E-state index is 6.83. The van der Waals surface area contributed by atoms with Crippen molar-refractivity contribution in [2.45, 2.75) is 27.2 Å². The number of aryl methyl sites for hydroxylation is 3. The molecule has 0 atom stereocenters. The van der Waals surface area contributed by atoms with Gasteiger partial charge in [0.15, 0.2) is 0 Å². The van der Waals surface area contributed by atoms with Crippen molar-refractivity contribution in [3.05, 3.63) is 361 Å². The van der Waals surface area contributed by atoms with Gasteiger partial charge in [0.1, 0.15) is 44.7 Å². The molecule has 0 N–H and O–H groups in total. The summed E-state index contributed by atoms with van der Waals surface area (Å²) in [5, 5.41) is 13.0. The van der Waals surface area contributed by atoms with Crippen LogP contribution in [0.1, 0.15) is 27.8 Å². The molecule has 0 amide bonds. The summed E-state index contributed by atoms with van der Waals surface area (Å²) >= 11 is 0. The fourth-order valence-electron chi connectivity index (χ4n) is 15.7. The molecule has 20 aromatic rings. The third-order valence-electron chi connectivity index (χ3n) is 20.9. The van der Waals surface area contributed by atoms with Gasteiger partial charge < -0.3 is 37.3 Å². The van der Waals surface area contributed by atoms with E-state index < -0.39 is 0 Å². The Kier molecular flexibility index (Phi) is 14.2. The number of fused-ring (bicyclic) bond motifs is 14. The van der Waals surface area contributed by atoms with E-state index in [4.69, 9.17) is 17.7 Å². The summed E-state index contributed by atoms with van der Waals surface area (Å²) in [5.74, 6) is 0. The lowest BCUT2D eigenvalue weighted by Crippen LogP contribution is -2.11. The third-order valence-corrected chi connectivity index (χ3v) is 20.9. The van der Waals surface area contributed by atoms with Crippen molar-refractivity contribution in [3.63, 3.8) is 0 Å². The second-order valence-corrected chi connectivity index (χ2v) is 27.5. The summed E-state index contributed by atoms with van der Waals surface area (Å²) in [4.78, 5) is 9.22. The van der Waals surface area contributed by atoms with Gasteiger partial charge in [-0.2, -0.15) is 0 Å². The van der Waals surface area contributed by atoms with Crippen LogP contribution in [0.25, 0.3) is 109 Å². The molecule has 0 aliphatic rings. The van der Waals surface area contributed by atoms with Crippen LogP contribution in [0.15, 0.2) is 351 Å². The number of furan rings is 4. The van der Waals surface area contributed by atoms with E-state index in [0.717, 1.165) is 184 Å². The normalized spacial score (nSPS) is 11.8. The van der Waals surface area contributed by atoms with Gasteiger partial charge in [-0.05, 0) is 253 Å². The Morgan fingerprint density at radius 1 is 0.202 bits per heavy atom. The van der Waals surface area contributed by atoms with Crippen LogP contribution in [0.4, 0.5) is 68.2 Å². The molecule has 4 aromatic heterocycles. The highest BCUT2D eigenvalue weighted by atomic mass is 16.3. The largest absolute Gasteiger partial charge is 0.456 e. The average Bonchev–Trinajstić information content (AvgIpc) is 1.59. The maximum absolute atomic E-state index is 6.83. The van der Waals surface area contributed by atoms with E-state index in [0.29, 0.717) is 0 Å². The second-order valence-electron chi connectivity index (χ2n) is 27.5. The molecule has 0 aliphatic carbocycles. The topological polar surface area (TPSA) is 65.5 Å².